The number of benzene rings is 1. The number of hydrogen-bond donors (Lipinski definition) is 0. The third-order valence-corrected chi connectivity index (χ3v) is 6.78. The van der Waals surface area contributed by atoms with E-state index in [0.717, 1.165) is 63.3 Å². The van der Waals surface area contributed by atoms with Crippen molar-refractivity contribution in [3.8, 4) is 0 Å². The van der Waals surface area contributed by atoms with Crippen LogP contribution in [0, 0.1) is 12.8 Å². The van der Waals surface area contributed by atoms with Crippen molar-refractivity contribution >= 4 is 17.8 Å². The van der Waals surface area contributed by atoms with Gasteiger partial charge >= 0.3 is 17.8 Å². The second-order valence-corrected chi connectivity index (χ2v) is 9.04. The summed E-state index contributed by atoms with van der Waals surface area (Å²) < 4.78 is 0. The van der Waals surface area contributed by atoms with Crippen LogP contribution in [-0.4, -0.2) is 76.3 Å². The summed E-state index contributed by atoms with van der Waals surface area (Å²) in [5.41, 5.74) is 2.56. The van der Waals surface area contributed by atoms with E-state index in [-0.39, 0.29) is 18.6 Å². The summed E-state index contributed by atoms with van der Waals surface area (Å²) in [7, 11) is 0. The van der Waals surface area contributed by atoms with Gasteiger partial charge in [-0.25, -0.2) is 9.69 Å². The predicted molar refractivity (Wildman–Crippen MR) is 113 cm³/mol. The van der Waals surface area contributed by atoms with Crippen LogP contribution in [0.4, 0.5) is 4.79 Å². The topological polar surface area (TPSA) is 64.2 Å². The number of nitrogens with zero attached hydrogens (tertiary/aromatic N) is 4. The highest BCUT2D eigenvalue weighted by atomic mass is 16.2. The van der Waals surface area contributed by atoms with Crippen molar-refractivity contribution in [2.45, 2.75) is 52.1 Å². The van der Waals surface area contributed by atoms with Gasteiger partial charge in [0.15, 0.2) is 0 Å². The maximum absolute atomic E-state index is 13.0. The summed E-state index contributed by atoms with van der Waals surface area (Å²) in [6.07, 6.45) is 3.93. The van der Waals surface area contributed by atoms with E-state index in [9.17, 15) is 14.4 Å². The smallest absolute Gasteiger partial charge is 0.297 e. The van der Waals surface area contributed by atoms with Crippen LogP contribution >= 0.6 is 0 Å². The van der Waals surface area contributed by atoms with Crippen LogP contribution < -0.4 is 0 Å². The first-order valence-electron chi connectivity index (χ1n) is 11.1. The quantitative estimate of drug-likeness (QED) is 0.549. The summed E-state index contributed by atoms with van der Waals surface area (Å²) in [4.78, 5) is 45.0. The van der Waals surface area contributed by atoms with E-state index in [4.69, 9.17) is 0 Å². The number of piperazine rings is 1. The number of carbonyl (C=O) groups excluding carboxylic acids is 3. The maximum Gasteiger partial charge on any atom is 0.335 e. The Kier molecular flexibility index (Phi) is 6.20. The van der Waals surface area contributed by atoms with Crippen LogP contribution in [0.3, 0.4) is 0 Å². The lowest BCUT2D eigenvalue weighted by Crippen LogP contribution is -2.51. The van der Waals surface area contributed by atoms with E-state index in [0.29, 0.717) is 0 Å². The summed E-state index contributed by atoms with van der Waals surface area (Å²) in [6.45, 7) is 8.59. The molecule has 7 heteroatoms. The van der Waals surface area contributed by atoms with Gasteiger partial charge in [0.1, 0.15) is 0 Å². The minimum Gasteiger partial charge on any atom is -0.297 e. The van der Waals surface area contributed by atoms with Crippen molar-refractivity contribution in [2.75, 3.05) is 32.8 Å². The van der Waals surface area contributed by atoms with Gasteiger partial charge in [0.25, 0.3) is 0 Å². The number of aryl methyl sites for hydroxylation is 1. The molecule has 3 fully saturated rings. The van der Waals surface area contributed by atoms with Gasteiger partial charge in [0.2, 0.25) is 0 Å². The fourth-order valence-electron chi connectivity index (χ4n) is 4.98. The molecule has 1 aliphatic carbocycles. The van der Waals surface area contributed by atoms with Crippen LogP contribution in [-0.2, 0) is 16.1 Å². The van der Waals surface area contributed by atoms with Crippen LogP contribution in [0.2, 0.25) is 0 Å². The van der Waals surface area contributed by atoms with E-state index in [1.165, 1.54) is 16.0 Å². The average Bonchev–Trinajstić information content (AvgIpc) is 2.93. The lowest BCUT2D eigenvalue weighted by atomic mass is 9.85. The van der Waals surface area contributed by atoms with Gasteiger partial charge in [-0.3, -0.25) is 24.3 Å². The van der Waals surface area contributed by atoms with E-state index in [2.05, 4.69) is 47.9 Å². The SMILES string of the molecule is Cc1cccc(CN2CCN(CN3C(=O)C(=O)N([C@@H]4CCCC[C@@H]4C)C3=O)CC2)c1. The molecule has 1 aromatic carbocycles. The summed E-state index contributed by atoms with van der Waals surface area (Å²) in [6, 6.07) is 7.98. The van der Waals surface area contributed by atoms with Crippen LogP contribution in [0.15, 0.2) is 24.3 Å². The molecule has 2 saturated heterocycles. The second kappa shape index (κ2) is 8.86. The molecule has 0 spiro atoms. The predicted octanol–water partition coefficient (Wildman–Crippen LogP) is 2.44. The lowest BCUT2D eigenvalue weighted by Gasteiger charge is -2.36. The number of amides is 4. The van der Waals surface area contributed by atoms with E-state index in [1.54, 1.807) is 0 Å². The maximum atomic E-state index is 13.0. The highest BCUT2D eigenvalue weighted by molar-refractivity contribution is 6.44. The number of rotatable bonds is 5. The molecular formula is C23H32N4O3. The van der Waals surface area contributed by atoms with E-state index in [1.807, 2.05) is 0 Å². The molecule has 1 aromatic rings. The normalized spacial score (nSPS) is 26.7. The molecule has 0 bridgehead atoms. The minimum atomic E-state index is -0.667. The Bertz CT molecular complexity index is 818. The zero-order chi connectivity index (χ0) is 21.3. The molecule has 0 unspecified atom stereocenters. The highest BCUT2D eigenvalue weighted by Crippen LogP contribution is 2.31. The van der Waals surface area contributed by atoms with Crippen molar-refractivity contribution in [1.82, 2.24) is 19.6 Å². The summed E-state index contributed by atoms with van der Waals surface area (Å²) >= 11 is 0. The molecular weight excluding hydrogens is 380 g/mol. The molecule has 4 rings (SSSR count). The Morgan fingerprint density at radius 3 is 2.33 bits per heavy atom. The Balaban J connectivity index is 1.33. The zero-order valence-electron chi connectivity index (χ0n) is 18.0. The second-order valence-electron chi connectivity index (χ2n) is 9.04. The third kappa shape index (κ3) is 4.27. The van der Waals surface area contributed by atoms with E-state index < -0.39 is 17.8 Å². The number of carbonyl (C=O) groups is 3. The number of hydrogen-bond acceptors (Lipinski definition) is 5. The molecule has 4 amide bonds. The average molecular weight is 413 g/mol. The van der Waals surface area contributed by atoms with Crippen LogP contribution in [0.25, 0.3) is 0 Å². The Hall–Kier alpha value is -2.25. The molecule has 30 heavy (non-hydrogen) atoms. The van der Waals surface area contributed by atoms with Crippen LogP contribution in [0.5, 0.6) is 0 Å². The van der Waals surface area contributed by atoms with Gasteiger partial charge in [-0.15, -0.1) is 0 Å². The molecule has 7 nitrogen and oxygen atoms in total. The molecule has 2 atom stereocenters. The van der Waals surface area contributed by atoms with Gasteiger partial charge in [0, 0.05) is 38.8 Å². The summed E-state index contributed by atoms with van der Waals surface area (Å²) in [5, 5.41) is 0. The molecule has 3 aliphatic rings. The summed E-state index contributed by atoms with van der Waals surface area (Å²) in [5.74, 6) is -1.05. The van der Waals surface area contributed by atoms with Gasteiger partial charge in [-0.2, -0.15) is 0 Å². The van der Waals surface area contributed by atoms with Crippen molar-refractivity contribution in [1.29, 1.82) is 0 Å². The zero-order valence-corrected chi connectivity index (χ0v) is 18.0. The molecule has 0 radical (unpaired) electrons. The number of urea groups is 1. The standard InChI is InChI=1S/C23H32N4O3/c1-17-6-5-8-19(14-17)15-24-10-12-25(13-11-24)16-26-21(28)22(29)27(23(26)30)20-9-4-3-7-18(20)2/h5-6,8,14,18,20H,3-4,7,9-13,15-16H2,1-2H3/t18-,20+/m0/s1. The molecule has 2 aliphatic heterocycles. The minimum absolute atomic E-state index is 0.140. The van der Waals surface area contributed by atoms with E-state index >= 15 is 0 Å². The van der Waals surface area contributed by atoms with Gasteiger partial charge < -0.3 is 0 Å². The Morgan fingerprint density at radius 1 is 0.933 bits per heavy atom. The van der Waals surface area contributed by atoms with Gasteiger partial charge in [0.05, 0.1) is 6.67 Å². The van der Waals surface area contributed by atoms with Gasteiger partial charge in [-0.05, 0) is 31.2 Å². The first-order valence-corrected chi connectivity index (χ1v) is 11.1. The number of imide groups is 2. The van der Waals surface area contributed by atoms with Crippen LogP contribution in [0.1, 0.15) is 43.7 Å². The Labute approximate surface area is 178 Å². The largest absolute Gasteiger partial charge is 0.335 e. The fourth-order valence-corrected chi connectivity index (χ4v) is 4.98. The third-order valence-electron chi connectivity index (χ3n) is 6.78. The monoisotopic (exact) mass is 412 g/mol. The fraction of sp³-hybridized carbons (Fsp3) is 0.609. The molecule has 0 N–H and O–H groups in total. The van der Waals surface area contributed by atoms with Crippen molar-refractivity contribution in [3.63, 3.8) is 0 Å². The highest BCUT2D eigenvalue weighted by Gasteiger charge is 2.49. The Morgan fingerprint density at radius 2 is 1.63 bits per heavy atom. The first-order chi connectivity index (χ1) is 14.4. The van der Waals surface area contributed by atoms with Gasteiger partial charge in [-0.1, -0.05) is 49.6 Å². The lowest BCUT2D eigenvalue weighted by molar-refractivity contribution is -0.145. The molecule has 162 valence electrons. The molecule has 1 saturated carbocycles. The first kappa shape index (κ1) is 21.0. The van der Waals surface area contributed by atoms with Crippen molar-refractivity contribution in [3.05, 3.63) is 35.4 Å². The van der Waals surface area contributed by atoms with Crippen molar-refractivity contribution < 1.29 is 14.4 Å². The molecule has 2 heterocycles. The molecule has 0 aromatic heterocycles. The van der Waals surface area contributed by atoms with Crippen molar-refractivity contribution in [2.24, 2.45) is 5.92 Å².